The van der Waals surface area contributed by atoms with Gasteiger partial charge in [-0.2, -0.15) is 0 Å². The Hall–Kier alpha value is -2.78. The van der Waals surface area contributed by atoms with Crippen molar-refractivity contribution in [1.82, 2.24) is 4.98 Å². The van der Waals surface area contributed by atoms with Gasteiger partial charge >= 0.3 is 0 Å². The summed E-state index contributed by atoms with van der Waals surface area (Å²) in [4.78, 5) is 14.6. The maximum Gasteiger partial charge on any atom is 0.184 e. The summed E-state index contributed by atoms with van der Waals surface area (Å²) in [5.74, 6) is 6.07. The van der Waals surface area contributed by atoms with Gasteiger partial charge in [-0.3, -0.25) is 9.98 Å². The van der Waals surface area contributed by atoms with Gasteiger partial charge in [0.1, 0.15) is 5.84 Å². The van der Waals surface area contributed by atoms with Crippen molar-refractivity contribution in [3.63, 3.8) is 0 Å². The molecule has 2 spiro atoms. The molecule has 0 bridgehead atoms. The summed E-state index contributed by atoms with van der Waals surface area (Å²) in [5, 5.41) is -1.55. The fraction of sp³-hybridized carbons (Fsp3) is 0.423. The third kappa shape index (κ3) is 3.80. The molecular weight excluding hydrogens is 417 g/mol. The minimum absolute atomic E-state index is 0.0936. The normalized spacial score (nSPS) is 27.8. The molecule has 2 heterocycles. The molecule has 0 amide bonds. The second-order valence-corrected chi connectivity index (χ2v) is 9.78. The number of rotatable bonds is 2. The van der Waals surface area contributed by atoms with Crippen LogP contribution in [0.5, 0.6) is 0 Å². The number of benzene rings is 1. The van der Waals surface area contributed by atoms with Crippen LogP contribution in [-0.4, -0.2) is 53.3 Å². The van der Waals surface area contributed by atoms with Crippen molar-refractivity contribution in [2.24, 2.45) is 21.1 Å². The Morgan fingerprint density at radius 3 is 2.50 bits per heavy atom. The summed E-state index contributed by atoms with van der Waals surface area (Å²) in [7, 11) is 18.6. The summed E-state index contributed by atoms with van der Waals surface area (Å²) >= 11 is 0. The number of pyridine rings is 1. The lowest BCUT2D eigenvalue weighted by Gasteiger charge is -2.44. The van der Waals surface area contributed by atoms with E-state index in [4.69, 9.17) is 44.0 Å². The van der Waals surface area contributed by atoms with Gasteiger partial charge in [0.2, 0.25) is 0 Å². The van der Waals surface area contributed by atoms with Crippen molar-refractivity contribution in [2.45, 2.75) is 55.9 Å². The molecule has 1 aliphatic heterocycles. The van der Waals surface area contributed by atoms with Crippen LogP contribution in [0.2, 0.25) is 5.11 Å². The van der Waals surface area contributed by atoms with E-state index in [0.717, 1.165) is 54.5 Å². The number of hydrogen-bond donors (Lipinski definition) is 1. The third-order valence-electron chi connectivity index (χ3n) is 7.45. The Morgan fingerprint density at radius 2 is 1.85 bits per heavy atom. The molecule has 1 saturated carbocycles. The van der Waals surface area contributed by atoms with E-state index in [0.29, 0.717) is 17.5 Å². The first-order chi connectivity index (χ1) is 16.1. The molecule has 1 aromatic heterocycles. The zero-order valence-corrected chi connectivity index (χ0v) is 19.6. The van der Waals surface area contributed by atoms with Gasteiger partial charge in [0.15, 0.2) is 5.66 Å². The Balaban J connectivity index is 1.58. The van der Waals surface area contributed by atoms with Crippen LogP contribution < -0.4 is 5.73 Å². The summed E-state index contributed by atoms with van der Waals surface area (Å²) in [5.41, 5.74) is 11.4. The van der Waals surface area contributed by atoms with E-state index in [9.17, 15) is 0 Å². The van der Waals surface area contributed by atoms with Gasteiger partial charge in [0, 0.05) is 41.6 Å². The Kier molecular flexibility index (Phi) is 5.52. The zero-order valence-electron chi connectivity index (χ0n) is 19.6. The van der Waals surface area contributed by atoms with E-state index in [-0.39, 0.29) is 5.41 Å². The number of nitrogens with two attached hydrogens (primary N) is 1. The molecule has 0 unspecified atom stereocenters. The van der Waals surface area contributed by atoms with Gasteiger partial charge in [-0.05, 0) is 62.3 Å². The molecule has 2 N–H and O–H groups in total. The standard InChI is InChI=1S/C26H25B3N4O/c1-16-23(30)33-26(32-16)22-12-18(20-11-17(14-31-15-20)5-10-25(27,28)29)3-4-19(22)13-24(26)8-6-21(34-2)7-9-24/h3-4,11-12,14-15,21H,6-9,13H2,1-2H3,(H2,30,33)/t21?,24?,26-/m0/s1. The number of aliphatic imine (C=N–C) groups is 2. The third-order valence-corrected chi connectivity index (χ3v) is 7.45. The summed E-state index contributed by atoms with van der Waals surface area (Å²) in [6, 6.07) is 8.47. The Labute approximate surface area is 205 Å². The van der Waals surface area contributed by atoms with E-state index in [2.05, 4.69) is 35.0 Å². The fourth-order valence-electron chi connectivity index (χ4n) is 5.70. The van der Waals surface area contributed by atoms with E-state index in [1.165, 1.54) is 5.56 Å². The quantitative estimate of drug-likeness (QED) is 0.575. The van der Waals surface area contributed by atoms with Gasteiger partial charge in [-0.1, -0.05) is 23.2 Å². The lowest BCUT2D eigenvalue weighted by Crippen LogP contribution is -2.43. The van der Waals surface area contributed by atoms with Crippen LogP contribution >= 0.6 is 0 Å². The molecule has 5 nitrogen and oxygen atoms in total. The predicted molar refractivity (Wildman–Crippen MR) is 138 cm³/mol. The second-order valence-electron chi connectivity index (χ2n) is 9.78. The highest BCUT2D eigenvalue weighted by Crippen LogP contribution is 2.62. The number of aromatic nitrogens is 1. The SMILES string of the molecule is [B]C([B])([B])C#Cc1cncc(-c2ccc3c(c2)[C@@]2(N=C(C)C(N)=N2)C2(CCC(OC)CC2)C3)c1. The molecule has 2 aromatic rings. The van der Waals surface area contributed by atoms with Gasteiger partial charge in [0.05, 0.1) is 35.4 Å². The van der Waals surface area contributed by atoms with Crippen LogP contribution in [0.4, 0.5) is 0 Å². The maximum absolute atomic E-state index is 6.31. The van der Waals surface area contributed by atoms with E-state index < -0.39 is 10.8 Å². The monoisotopic (exact) mass is 442 g/mol. The summed E-state index contributed by atoms with van der Waals surface area (Å²) in [6.07, 6.45) is 8.69. The number of ether oxygens (including phenoxy) is 1. The van der Waals surface area contributed by atoms with Crippen molar-refractivity contribution in [3.8, 4) is 23.0 Å². The molecule has 1 atom stereocenters. The first-order valence-corrected chi connectivity index (χ1v) is 11.6. The molecule has 0 saturated heterocycles. The average Bonchev–Trinajstić information content (AvgIpc) is 3.25. The van der Waals surface area contributed by atoms with Crippen LogP contribution in [0.1, 0.15) is 49.3 Å². The molecule has 1 aromatic carbocycles. The minimum Gasteiger partial charge on any atom is -0.382 e. The number of amidine groups is 1. The van der Waals surface area contributed by atoms with Crippen LogP contribution in [0.15, 0.2) is 46.6 Å². The lowest BCUT2D eigenvalue weighted by molar-refractivity contribution is -0.000372. The zero-order chi connectivity index (χ0) is 24.1. The van der Waals surface area contributed by atoms with E-state index in [1.807, 2.05) is 19.2 Å². The average molecular weight is 442 g/mol. The van der Waals surface area contributed by atoms with E-state index >= 15 is 0 Å². The molecule has 6 radical (unpaired) electrons. The first-order valence-electron chi connectivity index (χ1n) is 11.6. The second kappa shape index (κ2) is 8.17. The fourth-order valence-corrected chi connectivity index (χ4v) is 5.70. The topological polar surface area (TPSA) is 72.9 Å². The van der Waals surface area contributed by atoms with Crippen molar-refractivity contribution in [3.05, 3.63) is 53.3 Å². The number of methoxy groups -OCH3 is 1. The summed E-state index contributed by atoms with van der Waals surface area (Å²) < 4.78 is 5.66. The van der Waals surface area contributed by atoms with Crippen LogP contribution in [0, 0.1) is 17.3 Å². The van der Waals surface area contributed by atoms with Gasteiger partial charge < -0.3 is 10.5 Å². The molecular formula is C26H25B3N4O. The van der Waals surface area contributed by atoms with Crippen LogP contribution in [0.3, 0.4) is 0 Å². The van der Waals surface area contributed by atoms with Crippen LogP contribution in [0.25, 0.3) is 11.1 Å². The number of nitrogens with zero attached hydrogens (tertiary/aromatic N) is 3. The van der Waals surface area contributed by atoms with E-state index in [1.54, 1.807) is 13.3 Å². The molecule has 5 rings (SSSR count). The first kappa shape index (κ1) is 23.0. The van der Waals surface area contributed by atoms with Gasteiger partial charge in [-0.25, -0.2) is 4.99 Å². The van der Waals surface area contributed by atoms with Crippen molar-refractivity contribution < 1.29 is 4.74 Å². The molecule has 3 aliphatic rings. The molecule has 1 fully saturated rings. The smallest absolute Gasteiger partial charge is 0.184 e. The minimum atomic E-state index is -1.55. The lowest BCUT2D eigenvalue weighted by atomic mass is 9.43. The van der Waals surface area contributed by atoms with Crippen LogP contribution in [-0.2, 0) is 16.8 Å². The van der Waals surface area contributed by atoms with Gasteiger partial charge in [-0.15, -0.1) is 5.92 Å². The molecule has 34 heavy (non-hydrogen) atoms. The highest BCUT2D eigenvalue weighted by atomic mass is 16.5. The van der Waals surface area contributed by atoms with Crippen molar-refractivity contribution >= 4 is 35.1 Å². The van der Waals surface area contributed by atoms with Crippen molar-refractivity contribution in [1.29, 1.82) is 0 Å². The van der Waals surface area contributed by atoms with Crippen molar-refractivity contribution in [2.75, 3.05) is 7.11 Å². The Morgan fingerprint density at radius 1 is 1.09 bits per heavy atom. The maximum atomic E-state index is 6.31. The number of hydrogen-bond acceptors (Lipinski definition) is 5. The molecule has 2 aliphatic carbocycles. The molecule has 8 heteroatoms. The Bertz CT molecular complexity index is 1240. The number of fused-ring (bicyclic) bond motifs is 3. The molecule has 164 valence electrons. The highest BCUT2D eigenvalue weighted by molar-refractivity contribution is 6.61. The predicted octanol–water partition coefficient (Wildman–Crippen LogP) is 2.80. The summed E-state index contributed by atoms with van der Waals surface area (Å²) in [6.45, 7) is 1.95. The largest absolute Gasteiger partial charge is 0.382 e. The van der Waals surface area contributed by atoms with Gasteiger partial charge in [0.25, 0.3) is 0 Å². The highest BCUT2D eigenvalue weighted by Gasteiger charge is 2.60.